The van der Waals surface area contributed by atoms with Gasteiger partial charge in [0.05, 0.1) is 17.7 Å². The molecule has 4 rings (SSSR count). The number of carbonyl (C=O) groups excluding carboxylic acids is 1. The maximum Gasteiger partial charge on any atom is 0.364 e. The van der Waals surface area contributed by atoms with Gasteiger partial charge in [-0.05, 0) is 23.8 Å². The Labute approximate surface area is 162 Å². The summed E-state index contributed by atoms with van der Waals surface area (Å²) in [7, 11) is 1.56. The monoisotopic (exact) mass is 394 g/mol. The first kappa shape index (κ1) is 18.1. The number of hydrogen-bond donors (Lipinski definition) is 2. The number of nitrogens with one attached hydrogen (secondary N) is 2. The van der Waals surface area contributed by atoms with Gasteiger partial charge in [0.15, 0.2) is 11.5 Å². The number of nitrogens with zero attached hydrogens (tertiary/aromatic N) is 4. The topological polar surface area (TPSA) is 145 Å². The molecule has 0 saturated heterocycles. The molecule has 0 saturated carbocycles. The van der Waals surface area contributed by atoms with Gasteiger partial charge in [-0.2, -0.15) is 14.9 Å². The fourth-order valence-corrected chi connectivity index (χ4v) is 2.92. The van der Waals surface area contributed by atoms with Crippen molar-refractivity contribution in [3.63, 3.8) is 0 Å². The summed E-state index contributed by atoms with van der Waals surface area (Å²) in [6, 6.07) is 11.1. The molecule has 1 aromatic heterocycles. The van der Waals surface area contributed by atoms with Gasteiger partial charge in [-0.25, -0.2) is 9.89 Å². The lowest BCUT2D eigenvalue weighted by molar-refractivity contribution is -0.384. The largest absolute Gasteiger partial charge is 0.497 e. The van der Waals surface area contributed by atoms with E-state index < -0.39 is 16.5 Å². The van der Waals surface area contributed by atoms with Crippen molar-refractivity contribution in [3.8, 4) is 5.75 Å². The molecular formula is C18H14N6O5. The van der Waals surface area contributed by atoms with E-state index in [0.717, 1.165) is 10.2 Å². The molecule has 1 aliphatic heterocycles. The molecule has 0 radical (unpaired) electrons. The first-order valence-electron chi connectivity index (χ1n) is 8.44. The number of amides is 1. The van der Waals surface area contributed by atoms with E-state index in [2.05, 4.69) is 20.6 Å². The number of hydrogen-bond acceptors (Lipinski definition) is 7. The fourth-order valence-electron chi connectivity index (χ4n) is 2.92. The summed E-state index contributed by atoms with van der Waals surface area (Å²) in [4.78, 5) is 35.0. The van der Waals surface area contributed by atoms with Gasteiger partial charge in [0.2, 0.25) is 0 Å². The number of benzene rings is 2. The number of nitro groups is 1. The molecule has 1 aliphatic rings. The van der Waals surface area contributed by atoms with E-state index in [4.69, 9.17) is 4.74 Å². The number of carbonyl (C=O) groups is 1. The Morgan fingerprint density at radius 1 is 1.21 bits per heavy atom. The van der Waals surface area contributed by atoms with E-state index in [1.807, 2.05) is 12.1 Å². The van der Waals surface area contributed by atoms with Crippen molar-refractivity contribution >= 4 is 23.0 Å². The number of aromatic nitrogens is 3. The zero-order valence-corrected chi connectivity index (χ0v) is 15.1. The standard InChI is InChI=1S/C18H14N6O5/c1-29-12-5-2-10(3-6-12)8-15-20-21-18(26)23(15)22-16-13-9-11(24(27)28)4-7-14(13)19-17(16)25/h2-7,9H,8H2,1H3,(H,21,26)(H,19,22,25). The molecule has 11 heteroatoms. The summed E-state index contributed by atoms with van der Waals surface area (Å²) in [6.45, 7) is 0. The smallest absolute Gasteiger partial charge is 0.364 e. The number of rotatable bonds is 5. The number of non-ortho nitro benzene ring substituents is 1. The van der Waals surface area contributed by atoms with Crippen LogP contribution in [0.5, 0.6) is 5.75 Å². The van der Waals surface area contributed by atoms with Crippen molar-refractivity contribution in [1.29, 1.82) is 0 Å². The number of nitro benzene ring substituents is 1. The molecule has 3 aromatic rings. The van der Waals surface area contributed by atoms with Crippen LogP contribution in [0.2, 0.25) is 0 Å². The second-order valence-corrected chi connectivity index (χ2v) is 6.17. The molecule has 2 aromatic carbocycles. The molecule has 2 heterocycles. The number of aromatic amines is 1. The fraction of sp³-hybridized carbons (Fsp3) is 0.111. The highest BCUT2D eigenvalue weighted by Crippen LogP contribution is 2.27. The molecule has 146 valence electrons. The van der Waals surface area contributed by atoms with Crippen LogP contribution in [0.3, 0.4) is 0 Å². The second kappa shape index (κ2) is 7.03. The van der Waals surface area contributed by atoms with E-state index in [0.29, 0.717) is 11.4 Å². The number of ether oxygens (including phenoxy) is 1. The van der Waals surface area contributed by atoms with Gasteiger partial charge < -0.3 is 10.1 Å². The summed E-state index contributed by atoms with van der Waals surface area (Å²) < 4.78 is 6.10. The normalized spacial score (nSPS) is 14.0. The van der Waals surface area contributed by atoms with E-state index >= 15 is 0 Å². The van der Waals surface area contributed by atoms with E-state index in [-0.39, 0.29) is 29.2 Å². The highest BCUT2D eigenvalue weighted by atomic mass is 16.6. The van der Waals surface area contributed by atoms with Crippen LogP contribution in [0.25, 0.3) is 0 Å². The van der Waals surface area contributed by atoms with Crippen molar-refractivity contribution in [3.05, 3.63) is 80.0 Å². The van der Waals surface area contributed by atoms with Crippen LogP contribution in [0.4, 0.5) is 11.4 Å². The lowest BCUT2D eigenvalue weighted by Gasteiger charge is -2.04. The molecular weight excluding hydrogens is 380 g/mol. The van der Waals surface area contributed by atoms with Gasteiger partial charge in [-0.3, -0.25) is 14.9 Å². The molecule has 0 atom stereocenters. The minimum atomic E-state index is -0.632. The van der Waals surface area contributed by atoms with Crippen LogP contribution in [-0.4, -0.2) is 38.5 Å². The van der Waals surface area contributed by atoms with E-state index in [9.17, 15) is 19.7 Å². The SMILES string of the molecule is COc1ccc(Cc2n[nH]c(=O)n2/N=C2/C(=O)Nc3ccc([N+](=O)[O-])cc32)cc1. The molecule has 11 nitrogen and oxygen atoms in total. The average Bonchev–Trinajstić information content (AvgIpc) is 3.22. The highest BCUT2D eigenvalue weighted by Gasteiger charge is 2.29. The number of methoxy groups -OCH3 is 1. The summed E-state index contributed by atoms with van der Waals surface area (Å²) in [5.41, 5.74) is 0.542. The Bertz CT molecular complexity index is 1210. The van der Waals surface area contributed by atoms with Gasteiger partial charge in [0, 0.05) is 24.1 Å². The molecule has 0 bridgehead atoms. The quantitative estimate of drug-likeness (QED) is 0.493. The molecule has 2 N–H and O–H groups in total. The summed E-state index contributed by atoms with van der Waals surface area (Å²) >= 11 is 0. The van der Waals surface area contributed by atoms with Crippen molar-refractivity contribution in [2.75, 3.05) is 12.4 Å². The van der Waals surface area contributed by atoms with Crippen molar-refractivity contribution in [2.45, 2.75) is 6.42 Å². The van der Waals surface area contributed by atoms with E-state index in [1.54, 1.807) is 19.2 Å². The van der Waals surface area contributed by atoms with Crippen molar-refractivity contribution < 1.29 is 14.5 Å². The van der Waals surface area contributed by atoms with E-state index in [1.165, 1.54) is 18.2 Å². The Kier molecular flexibility index (Phi) is 4.39. The van der Waals surface area contributed by atoms with Crippen LogP contribution in [-0.2, 0) is 11.2 Å². The minimum absolute atomic E-state index is 0.108. The van der Waals surface area contributed by atoms with Crippen LogP contribution in [0.15, 0.2) is 52.4 Å². The molecule has 0 unspecified atom stereocenters. The van der Waals surface area contributed by atoms with Crippen molar-refractivity contribution in [2.24, 2.45) is 5.10 Å². The first-order chi connectivity index (χ1) is 14.0. The zero-order chi connectivity index (χ0) is 20.5. The number of fused-ring (bicyclic) bond motifs is 1. The molecule has 0 fully saturated rings. The minimum Gasteiger partial charge on any atom is -0.497 e. The average molecular weight is 394 g/mol. The van der Waals surface area contributed by atoms with Gasteiger partial charge in [-0.1, -0.05) is 12.1 Å². The lowest BCUT2D eigenvalue weighted by atomic mass is 10.1. The summed E-state index contributed by atoms with van der Waals surface area (Å²) in [6.07, 6.45) is 0.267. The predicted octanol–water partition coefficient (Wildman–Crippen LogP) is 1.28. The number of anilines is 1. The first-order valence-corrected chi connectivity index (χ1v) is 8.44. The van der Waals surface area contributed by atoms with Crippen LogP contribution in [0.1, 0.15) is 17.0 Å². The van der Waals surface area contributed by atoms with Crippen LogP contribution in [0, 0.1) is 10.1 Å². The third-order valence-corrected chi connectivity index (χ3v) is 4.37. The van der Waals surface area contributed by atoms with Crippen LogP contribution >= 0.6 is 0 Å². The Morgan fingerprint density at radius 2 is 1.97 bits per heavy atom. The van der Waals surface area contributed by atoms with Gasteiger partial charge in [0.25, 0.3) is 11.6 Å². The predicted molar refractivity (Wildman–Crippen MR) is 102 cm³/mol. The highest BCUT2D eigenvalue weighted by molar-refractivity contribution is 6.53. The molecule has 1 amide bonds. The zero-order valence-electron chi connectivity index (χ0n) is 15.1. The van der Waals surface area contributed by atoms with Gasteiger partial charge in [0.1, 0.15) is 5.75 Å². The Morgan fingerprint density at radius 3 is 2.66 bits per heavy atom. The lowest BCUT2D eigenvalue weighted by Crippen LogP contribution is -2.21. The third kappa shape index (κ3) is 3.36. The maximum atomic E-state index is 12.3. The van der Waals surface area contributed by atoms with Crippen molar-refractivity contribution in [1.82, 2.24) is 14.9 Å². The molecule has 29 heavy (non-hydrogen) atoms. The van der Waals surface area contributed by atoms with Gasteiger partial charge in [-0.15, -0.1) is 0 Å². The summed E-state index contributed by atoms with van der Waals surface area (Å²) in [5, 5.41) is 24.0. The molecule has 0 aliphatic carbocycles. The Balaban J connectivity index is 1.73. The number of H-pyrrole nitrogens is 1. The molecule has 0 spiro atoms. The van der Waals surface area contributed by atoms with Gasteiger partial charge >= 0.3 is 5.69 Å². The summed E-state index contributed by atoms with van der Waals surface area (Å²) in [5.74, 6) is 0.401. The third-order valence-electron chi connectivity index (χ3n) is 4.37. The Hall–Kier alpha value is -4.28. The second-order valence-electron chi connectivity index (χ2n) is 6.17. The maximum absolute atomic E-state index is 12.3. The van der Waals surface area contributed by atoms with Crippen LogP contribution < -0.4 is 15.7 Å².